The van der Waals surface area contributed by atoms with Crippen molar-refractivity contribution in [2.24, 2.45) is 5.92 Å². The van der Waals surface area contributed by atoms with E-state index in [9.17, 15) is 13.2 Å². The third-order valence-electron chi connectivity index (χ3n) is 3.96. The van der Waals surface area contributed by atoms with Crippen molar-refractivity contribution in [3.63, 3.8) is 0 Å². The summed E-state index contributed by atoms with van der Waals surface area (Å²) in [5.74, 6) is 0.584. The van der Waals surface area contributed by atoms with Gasteiger partial charge in [0.25, 0.3) is 15.0 Å². The monoisotopic (exact) mass is 329 g/mol. The van der Waals surface area contributed by atoms with Crippen LogP contribution in [-0.2, 0) is 9.05 Å². The summed E-state index contributed by atoms with van der Waals surface area (Å²) in [5, 5.41) is 0. The zero-order valence-electron chi connectivity index (χ0n) is 12.1. The molecule has 0 atom stereocenters. The molecule has 0 aromatic heterocycles. The first-order chi connectivity index (χ1) is 9.91. The molecule has 1 aliphatic rings. The molecule has 1 heterocycles. The summed E-state index contributed by atoms with van der Waals surface area (Å²) >= 11 is 0. The Balaban J connectivity index is 2.08. The number of carbonyl (C=O) groups excluding carboxylic acids is 1. The van der Waals surface area contributed by atoms with Gasteiger partial charge < -0.3 is 4.90 Å². The minimum Gasteiger partial charge on any atom is -0.339 e. The first-order valence-electron chi connectivity index (χ1n) is 7.26. The lowest BCUT2D eigenvalue weighted by molar-refractivity contribution is 0.0686. The molecule has 1 saturated heterocycles. The Morgan fingerprint density at radius 3 is 2.57 bits per heavy atom. The Bertz CT molecular complexity index is 607. The van der Waals surface area contributed by atoms with Crippen molar-refractivity contribution >= 4 is 25.6 Å². The van der Waals surface area contributed by atoms with Gasteiger partial charge >= 0.3 is 0 Å². The second-order valence-corrected chi connectivity index (χ2v) is 8.06. The Morgan fingerprint density at radius 2 is 2.00 bits per heavy atom. The van der Waals surface area contributed by atoms with Crippen molar-refractivity contribution in [3.05, 3.63) is 29.8 Å². The fraction of sp³-hybridized carbons (Fsp3) is 0.533. The third kappa shape index (κ3) is 4.20. The van der Waals surface area contributed by atoms with Crippen molar-refractivity contribution in [2.75, 3.05) is 13.1 Å². The number of hydrogen-bond donors (Lipinski definition) is 0. The van der Waals surface area contributed by atoms with Gasteiger partial charge in [-0.2, -0.15) is 0 Å². The van der Waals surface area contributed by atoms with Crippen LogP contribution in [0.15, 0.2) is 29.2 Å². The topological polar surface area (TPSA) is 54.5 Å². The zero-order chi connectivity index (χ0) is 15.5. The standard InChI is InChI=1S/C15H20ClNO3S/c1-2-4-12-7-9-17(10-8-12)15(18)13-5-3-6-14(11-13)21(16,19)20/h3,5-6,11-12H,2,4,7-10H2,1H3. The normalized spacial score (nSPS) is 17.0. The second-order valence-electron chi connectivity index (χ2n) is 5.49. The average Bonchev–Trinajstić information content (AvgIpc) is 2.47. The van der Waals surface area contributed by atoms with E-state index in [0.717, 1.165) is 25.9 Å². The fourth-order valence-corrected chi connectivity index (χ4v) is 3.59. The van der Waals surface area contributed by atoms with Crippen LogP contribution in [-0.4, -0.2) is 32.3 Å². The number of nitrogens with zero attached hydrogens (tertiary/aromatic N) is 1. The third-order valence-corrected chi connectivity index (χ3v) is 5.31. The minimum atomic E-state index is -3.80. The molecule has 4 nitrogen and oxygen atoms in total. The second kappa shape index (κ2) is 6.79. The zero-order valence-corrected chi connectivity index (χ0v) is 13.7. The van der Waals surface area contributed by atoms with E-state index < -0.39 is 9.05 Å². The summed E-state index contributed by atoms with van der Waals surface area (Å²) in [7, 11) is 1.52. The smallest absolute Gasteiger partial charge is 0.261 e. The van der Waals surface area contributed by atoms with E-state index >= 15 is 0 Å². The molecular weight excluding hydrogens is 310 g/mol. The van der Waals surface area contributed by atoms with E-state index in [2.05, 4.69) is 6.92 Å². The van der Waals surface area contributed by atoms with Gasteiger partial charge in [-0.3, -0.25) is 4.79 Å². The Hall–Kier alpha value is -1.07. The van der Waals surface area contributed by atoms with Gasteiger partial charge in [0.15, 0.2) is 0 Å². The number of carbonyl (C=O) groups is 1. The number of rotatable bonds is 4. The molecule has 0 unspecified atom stereocenters. The van der Waals surface area contributed by atoms with Gasteiger partial charge in [-0.25, -0.2) is 8.42 Å². The Morgan fingerprint density at radius 1 is 1.33 bits per heavy atom. The lowest BCUT2D eigenvalue weighted by atomic mass is 9.92. The molecule has 2 rings (SSSR count). The first kappa shape index (κ1) is 16.3. The Kier molecular flexibility index (Phi) is 5.27. The molecule has 1 amide bonds. The van der Waals surface area contributed by atoms with Crippen LogP contribution in [0.4, 0.5) is 0 Å². The number of likely N-dealkylation sites (tertiary alicyclic amines) is 1. The predicted molar refractivity (Wildman–Crippen MR) is 83.0 cm³/mol. The van der Waals surface area contributed by atoms with E-state index in [1.54, 1.807) is 17.0 Å². The molecular formula is C15H20ClNO3S. The van der Waals surface area contributed by atoms with Gasteiger partial charge in [-0.1, -0.05) is 25.8 Å². The largest absolute Gasteiger partial charge is 0.339 e. The molecule has 0 saturated carbocycles. The molecule has 0 radical (unpaired) electrons. The van der Waals surface area contributed by atoms with Crippen LogP contribution in [0.2, 0.25) is 0 Å². The molecule has 1 fully saturated rings. The summed E-state index contributed by atoms with van der Waals surface area (Å²) < 4.78 is 22.7. The molecule has 0 bridgehead atoms. The van der Waals surface area contributed by atoms with Gasteiger partial charge in [-0.05, 0) is 37.0 Å². The van der Waals surface area contributed by atoms with Crippen LogP contribution in [0.3, 0.4) is 0 Å². The van der Waals surface area contributed by atoms with Crippen molar-refractivity contribution < 1.29 is 13.2 Å². The van der Waals surface area contributed by atoms with E-state index in [4.69, 9.17) is 10.7 Å². The summed E-state index contributed by atoms with van der Waals surface area (Å²) in [5.41, 5.74) is 0.380. The molecule has 1 aromatic rings. The molecule has 21 heavy (non-hydrogen) atoms. The van der Waals surface area contributed by atoms with Gasteiger partial charge in [0.2, 0.25) is 0 Å². The lowest BCUT2D eigenvalue weighted by Gasteiger charge is -2.32. The maximum Gasteiger partial charge on any atom is 0.261 e. The van der Waals surface area contributed by atoms with Crippen molar-refractivity contribution in [1.29, 1.82) is 0 Å². The number of halogens is 1. The SMILES string of the molecule is CCCC1CCN(C(=O)c2cccc(S(=O)(=O)Cl)c2)CC1. The van der Waals surface area contributed by atoms with Crippen LogP contribution in [0.1, 0.15) is 43.0 Å². The number of piperidine rings is 1. The van der Waals surface area contributed by atoms with E-state index in [1.165, 1.54) is 25.0 Å². The quantitative estimate of drug-likeness (QED) is 0.797. The molecule has 1 aliphatic heterocycles. The number of benzene rings is 1. The highest BCUT2D eigenvalue weighted by Gasteiger charge is 2.24. The van der Waals surface area contributed by atoms with E-state index in [-0.39, 0.29) is 10.8 Å². The van der Waals surface area contributed by atoms with Crippen molar-refractivity contribution in [2.45, 2.75) is 37.5 Å². The summed E-state index contributed by atoms with van der Waals surface area (Å²) in [6.07, 6.45) is 4.43. The fourth-order valence-electron chi connectivity index (χ4n) is 2.80. The van der Waals surface area contributed by atoms with Crippen LogP contribution < -0.4 is 0 Å². The highest BCUT2D eigenvalue weighted by molar-refractivity contribution is 8.13. The molecule has 116 valence electrons. The average molecular weight is 330 g/mol. The van der Waals surface area contributed by atoms with Gasteiger partial charge in [0, 0.05) is 29.3 Å². The van der Waals surface area contributed by atoms with Crippen LogP contribution >= 0.6 is 10.7 Å². The molecule has 0 aliphatic carbocycles. The van der Waals surface area contributed by atoms with Gasteiger partial charge in [0.1, 0.15) is 0 Å². The summed E-state index contributed by atoms with van der Waals surface area (Å²) in [6.45, 7) is 3.65. The molecule has 6 heteroatoms. The molecule has 0 N–H and O–H groups in total. The van der Waals surface area contributed by atoms with E-state index in [1.807, 2.05) is 0 Å². The highest BCUT2D eigenvalue weighted by Crippen LogP contribution is 2.24. The summed E-state index contributed by atoms with van der Waals surface area (Å²) in [4.78, 5) is 14.2. The molecule has 1 aromatic carbocycles. The first-order valence-corrected chi connectivity index (χ1v) is 9.56. The van der Waals surface area contributed by atoms with Crippen LogP contribution in [0, 0.1) is 5.92 Å². The minimum absolute atomic E-state index is 0.0316. The lowest BCUT2D eigenvalue weighted by Crippen LogP contribution is -2.38. The Labute approximate surface area is 130 Å². The number of amides is 1. The van der Waals surface area contributed by atoms with Crippen molar-refractivity contribution in [1.82, 2.24) is 4.90 Å². The molecule has 0 spiro atoms. The maximum atomic E-state index is 12.4. The van der Waals surface area contributed by atoms with Gasteiger partial charge in [-0.15, -0.1) is 0 Å². The number of hydrogen-bond acceptors (Lipinski definition) is 3. The van der Waals surface area contributed by atoms with Crippen LogP contribution in [0.25, 0.3) is 0 Å². The van der Waals surface area contributed by atoms with Crippen LogP contribution in [0.5, 0.6) is 0 Å². The summed E-state index contributed by atoms with van der Waals surface area (Å²) in [6, 6.07) is 5.92. The highest BCUT2D eigenvalue weighted by atomic mass is 35.7. The van der Waals surface area contributed by atoms with E-state index in [0.29, 0.717) is 11.5 Å². The predicted octanol–water partition coefficient (Wildman–Crippen LogP) is 3.27. The van der Waals surface area contributed by atoms with Gasteiger partial charge in [0.05, 0.1) is 4.90 Å². The maximum absolute atomic E-state index is 12.4. The van der Waals surface area contributed by atoms with Crippen molar-refractivity contribution in [3.8, 4) is 0 Å².